The molecule has 0 atom stereocenters. The lowest BCUT2D eigenvalue weighted by atomic mass is 10.3. The van der Waals surface area contributed by atoms with Gasteiger partial charge in [0.15, 0.2) is 0 Å². The second-order valence-electron chi connectivity index (χ2n) is 3.08. The largest absolute Gasteiger partial charge is 0.288 e. The maximum absolute atomic E-state index is 11.0. The Morgan fingerprint density at radius 1 is 1.46 bits per heavy atom. The van der Waals surface area contributed by atoms with Crippen LogP contribution in [0.5, 0.6) is 0 Å². The van der Waals surface area contributed by atoms with Crippen LogP contribution in [0.15, 0.2) is 0 Å². The number of nitrogens with one attached hydrogen (secondary N) is 1. The summed E-state index contributed by atoms with van der Waals surface area (Å²) in [6.07, 6.45) is 0.192. The normalized spacial score (nSPS) is 11.7. The fourth-order valence-corrected chi connectivity index (χ4v) is 1.73. The van der Waals surface area contributed by atoms with Gasteiger partial charge in [-0.15, -0.1) is 4.28 Å². The third kappa shape index (κ3) is 6.53. The molecule has 0 unspecified atom stereocenters. The lowest BCUT2D eigenvalue weighted by molar-refractivity contribution is -0.127. The molecule has 6 heteroatoms. The second kappa shape index (κ2) is 5.18. The number of hydrogen-bond acceptors (Lipinski definition) is 4. The van der Waals surface area contributed by atoms with E-state index >= 15 is 0 Å². The molecule has 0 radical (unpaired) electrons. The Morgan fingerprint density at radius 2 is 2.00 bits per heavy atom. The summed E-state index contributed by atoms with van der Waals surface area (Å²) in [5, 5.41) is 0. The van der Waals surface area contributed by atoms with E-state index in [1.54, 1.807) is 20.8 Å². The van der Waals surface area contributed by atoms with Crippen molar-refractivity contribution in [2.45, 2.75) is 27.2 Å². The van der Waals surface area contributed by atoms with Gasteiger partial charge in [-0.25, -0.2) is 5.48 Å². The van der Waals surface area contributed by atoms with Crippen LogP contribution in [-0.2, 0) is 19.2 Å². The maximum atomic E-state index is 11.0. The van der Waals surface area contributed by atoms with Crippen LogP contribution in [0, 0.1) is 5.92 Å². The second-order valence-corrected chi connectivity index (χ2v) is 4.70. The first kappa shape index (κ1) is 12.4. The number of amides is 1. The van der Waals surface area contributed by atoms with E-state index in [2.05, 4.69) is 4.28 Å². The van der Waals surface area contributed by atoms with E-state index in [4.69, 9.17) is 0 Å². The Labute approximate surface area is 78.5 Å². The van der Waals surface area contributed by atoms with Gasteiger partial charge in [0.1, 0.15) is 0 Å². The SMILES string of the molecule is CCC(=O)NOS(=O)(=O)CC(C)C. The van der Waals surface area contributed by atoms with Gasteiger partial charge in [0.25, 0.3) is 10.1 Å². The van der Waals surface area contributed by atoms with Crippen molar-refractivity contribution in [1.82, 2.24) is 5.48 Å². The van der Waals surface area contributed by atoms with Crippen LogP contribution in [0.2, 0.25) is 0 Å². The van der Waals surface area contributed by atoms with Crippen LogP contribution in [0.25, 0.3) is 0 Å². The van der Waals surface area contributed by atoms with Crippen molar-refractivity contribution in [2.24, 2.45) is 5.92 Å². The van der Waals surface area contributed by atoms with Gasteiger partial charge in [0, 0.05) is 6.42 Å². The highest BCUT2D eigenvalue weighted by Crippen LogP contribution is 2.00. The van der Waals surface area contributed by atoms with E-state index < -0.39 is 16.0 Å². The van der Waals surface area contributed by atoms with E-state index in [1.165, 1.54) is 0 Å². The van der Waals surface area contributed by atoms with Gasteiger partial charge in [-0.2, -0.15) is 8.42 Å². The van der Waals surface area contributed by atoms with E-state index in [0.717, 1.165) is 0 Å². The minimum absolute atomic E-state index is 0.0245. The Balaban J connectivity index is 3.97. The first-order valence-electron chi connectivity index (χ1n) is 4.07. The molecule has 0 aromatic rings. The summed E-state index contributed by atoms with van der Waals surface area (Å²) in [6, 6.07) is 0. The van der Waals surface area contributed by atoms with Crippen molar-refractivity contribution >= 4 is 16.0 Å². The van der Waals surface area contributed by atoms with Crippen molar-refractivity contribution < 1.29 is 17.5 Å². The van der Waals surface area contributed by atoms with Crippen molar-refractivity contribution in [3.63, 3.8) is 0 Å². The lowest BCUT2D eigenvalue weighted by Crippen LogP contribution is -2.28. The topological polar surface area (TPSA) is 72.5 Å². The standard InChI is InChI=1S/C7H15NO4S/c1-4-7(9)8-12-13(10,11)5-6(2)3/h6H,4-5H2,1-3H3,(H,8,9). The molecule has 0 bridgehead atoms. The van der Waals surface area contributed by atoms with Crippen LogP contribution in [0.1, 0.15) is 27.2 Å². The average molecular weight is 209 g/mol. The molecule has 0 aromatic heterocycles. The van der Waals surface area contributed by atoms with Gasteiger partial charge in [0.05, 0.1) is 5.75 Å². The molecule has 1 N–H and O–H groups in total. The summed E-state index contributed by atoms with van der Waals surface area (Å²) in [6.45, 7) is 5.11. The van der Waals surface area contributed by atoms with E-state index in [-0.39, 0.29) is 18.1 Å². The zero-order valence-electron chi connectivity index (χ0n) is 8.03. The van der Waals surface area contributed by atoms with Crippen LogP contribution in [0.3, 0.4) is 0 Å². The molecule has 13 heavy (non-hydrogen) atoms. The minimum Gasteiger partial charge on any atom is -0.273 e. The Bertz CT molecular complexity index is 258. The molecule has 0 aliphatic heterocycles. The lowest BCUT2D eigenvalue weighted by Gasteiger charge is -2.06. The smallest absolute Gasteiger partial charge is 0.273 e. The van der Waals surface area contributed by atoms with Gasteiger partial charge in [-0.3, -0.25) is 4.79 Å². The van der Waals surface area contributed by atoms with Crippen LogP contribution in [-0.4, -0.2) is 20.1 Å². The van der Waals surface area contributed by atoms with Crippen LogP contribution >= 0.6 is 0 Å². The van der Waals surface area contributed by atoms with Crippen molar-refractivity contribution in [3.8, 4) is 0 Å². The Morgan fingerprint density at radius 3 is 2.38 bits per heavy atom. The zero-order valence-corrected chi connectivity index (χ0v) is 8.85. The third-order valence-corrected chi connectivity index (χ3v) is 2.55. The molecule has 0 rings (SSSR count). The van der Waals surface area contributed by atoms with E-state index in [0.29, 0.717) is 0 Å². The third-order valence-electron chi connectivity index (χ3n) is 1.14. The molecule has 0 aromatic carbocycles. The molecule has 0 heterocycles. The molecular formula is C7H15NO4S. The van der Waals surface area contributed by atoms with Crippen molar-refractivity contribution in [1.29, 1.82) is 0 Å². The number of hydrogen-bond donors (Lipinski definition) is 1. The Kier molecular flexibility index (Phi) is 4.94. The van der Waals surface area contributed by atoms with Gasteiger partial charge >= 0.3 is 0 Å². The highest BCUT2D eigenvalue weighted by molar-refractivity contribution is 7.86. The molecule has 1 amide bonds. The molecule has 0 aliphatic rings. The summed E-state index contributed by atoms with van der Waals surface area (Å²) in [4.78, 5) is 10.6. The quantitative estimate of drug-likeness (QED) is 0.666. The summed E-state index contributed by atoms with van der Waals surface area (Å²) in [5.74, 6) is -0.576. The van der Waals surface area contributed by atoms with Gasteiger partial charge in [-0.05, 0) is 5.92 Å². The molecule has 0 saturated carbocycles. The predicted molar refractivity (Wildman–Crippen MR) is 48.1 cm³/mol. The Hall–Kier alpha value is -0.620. The van der Waals surface area contributed by atoms with Gasteiger partial charge < -0.3 is 0 Å². The summed E-state index contributed by atoms with van der Waals surface area (Å²) < 4.78 is 26.3. The molecule has 5 nitrogen and oxygen atoms in total. The molecule has 0 saturated heterocycles. The van der Waals surface area contributed by atoms with Gasteiger partial charge in [-0.1, -0.05) is 20.8 Å². The van der Waals surface area contributed by atoms with E-state index in [9.17, 15) is 13.2 Å². The number of carbonyl (C=O) groups is 1. The fraction of sp³-hybridized carbons (Fsp3) is 0.857. The highest BCUT2D eigenvalue weighted by Gasteiger charge is 2.14. The zero-order chi connectivity index (χ0) is 10.5. The number of carbonyl (C=O) groups excluding carboxylic acids is 1. The number of hydroxylamine groups is 1. The molecule has 78 valence electrons. The summed E-state index contributed by atoms with van der Waals surface area (Å²) in [7, 11) is -3.62. The van der Waals surface area contributed by atoms with Crippen molar-refractivity contribution in [3.05, 3.63) is 0 Å². The fourth-order valence-electron chi connectivity index (χ4n) is 0.624. The van der Waals surface area contributed by atoms with Gasteiger partial charge in [0.2, 0.25) is 5.91 Å². The maximum Gasteiger partial charge on any atom is 0.288 e. The molecular weight excluding hydrogens is 194 g/mol. The molecule has 0 spiro atoms. The highest BCUT2D eigenvalue weighted by atomic mass is 32.2. The molecule has 0 aliphatic carbocycles. The average Bonchev–Trinajstić information content (AvgIpc) is 1.98. The first-order valence-corrected chi connectivity index (χ1v) is 5.65. The minimum atomic E-state index is -3.62. The van der Waals surface area contributed by atoms with Crippen molar-refractivity contribution in [2.75, 3.05) is 5.75 Å². The van der Waals surface area contributed by atoms with Crippen LogP contribution < -0.4 is 5.48 Å². The summed E-state index contributed by atoms with van der Waals surface area (Å²) in [5.41, 5.74) is 1.85. The predicted octanol–water partition coefficient (Wildman–Crippen LogP) is 0.430. The summed E-state index contributed by atoms with van der Waals surface area (Å²) >= 11 is 0. The number of rotatable bonds is 5. The first-order chi connectivity index (χ1) is 5.87. The van der Waals surface area contributed by atoms with Crippen LogP contribution in [0.4, 0.5) is 0 Å². The van der Waals surface area contributed by atoms with E-state index in [1.807, 2.05) is 5.48 Å². The molecule has 0 fully saturated rings. The monoisotopic (exact) mass is 209 g/mol.